The first-order chi connectivity index (χ1) is 10.7. The fourth-order valence-electron chi connectivity index (χ4n) is 3.31. The van der Waals surface area contributed by atoms with Crippen LogP contribution in [0.25, 0.3) is 0 Å². The molecule has 5 heteroatoms. The van der Waals surface area contributed by atoms with Crippen molar-refractivity contribution in [3.63, 3.8) is 0 Å². The molecule has 0 N–H and O–H groups in total. The molecule has 0 amide bonds. The Morgan fingerprint density at radius 1 is 1.22 bits per heavy atom. The van der Waals surface area contributed by atoms with E-state index in [1.54, 1.807) is 6.92 Å². The van der Waals surface area contributed by atoms with E-state index in [9.17, 15) is 9.59 Å². The molecule has 0 spiro atoms. The second-order valence-corrected chi connectivity index (χ2v) is 7.56. The second-order valence-electron chi connectivity index (χ2n) is 6.64. The normalized spacial score (nSPS) is 22.1. The van der Waals surface area contributed by atoms with Gasteiger partial charge < -0.3 is 9.47 Å². The summed E-state index contributed by atoms with van der Waals surface area (Å²) in [4.78, 5) is 23.9. The molecule has 1 atom stereocenters. The molecule has 0 saturated heterocycles. The van der Waals surface area contributed by atoms with E-state index in [2.05, 4.69) is 29.8 Å². The maximum atomic E-state index is 12.1. The minimum absolute atomic E-state index is 0.0334. The van der Waals surface area contributed by atoms with Crippen molar-refractivity contribution in [3.05, 3.63) is 33.8 Å². The number of hydrogen-bond acceptors (Lipinski definition) is 4. The lowest BCUT2D eigenvalue weighted by atomic mass is 9.66. The summed E-state index contributed by atoms with van der Waals surface area (Å²) in [6.07, 6.45) is 1.47. The van der Waals surface area contributed by atoms with Gasteiger partial charge in [-0.15, -0.1) is 0 Å². The molecule has 0 saturated carbocycles. The molecule has 1 aromatic carbocycles. The highest BCUT2D eigenvalue weighted by atomic mass is 79.9. The van der Waals surface area contributed by atoms with Crippen molar-refractivity contribution in [1.82, 2.24) is 0 Å². The van der Waals surface area contributed by atoms with Gasteiger partial charge in [-0.2, -0.15) is 0 Å². The lowest BCUT2D eigenvalue weighted by Crippen LogP contribution is -2.42. The minimum Gasteiger partial charge on any atom is -0.466 e. The first-order valence-electron chi connectivity index (χ1n) is 7.86. The average molecular weight is 383 g/mol. The van der Waals surface area contributed by atoms with Gasteiger partial charge in [-0.1, -0.05) is 35.8 Å². The zero-order chi connectivity index (χ0) is 17.3. The van der Waals surface area contributed by atoms with Crippen LogP contribution in [0.5, 0.6) is 0 Å². The first kappa shape index (κ1) is 18.0. The van der Waals surface area contributed by atoms with Gasteiger partial charge in [0, 0.05) is 17.0 Å². The summed E-state index contributed by atoms with van der Waals surface area (Å²) in [7, 11) is 0. The number of carbonyl (C=O) groups is 2. The van der Waals surface area contributed by atoms with Crippen LogP contribution < -0.4 is 0 Å². The summed E-state index contributed by atoms with van der Waals surface area (Å²) < 4.78 is 11.7. The van der Waals surface area contributed by atoms with E-state index in [0.29, 0.717) is 13.0 Å². The van der Waals surface area contributed by atoms with Crippen molar-refractivity contribution in [3.8, 4) is 0 Å². The van der Waals surface area contributed by atoms with E-state index >= 15 is 0 Å². The average Bonchev–Trinajstić information content (AvgIpc) is 2.43. The van der Waals surface area contributed by atoms with Gasteiger partial charge in [0.15, 0.2) is 0 Å². The molecule has 2 rings (SSSR count). The number of halogens is 1. The maximum Gasteiger partial charge on any atom is 0.310 e. The third-order valence-corrected chi connectivity index (χ3v) is 4.92. The van der Waals surface area contributed by atoms with Gasteiger partial charge in [-0.25, -0.2) is 0 Å². The third-order valence-electron chi connectivity index (χ3n) is 4.43. The molecule has 0 aromatic heterocycles. The topological polar surface area (TPSA) is 52.6 Å². The largest absolute Gasteiger partial charge is 0.466 e. The summed E-state index contributed by atoms with van der Waals surface area (Å²) in [6, 6.07) is 5.98. The molecular formula is C18H23BrO4. The van der Waals surface area contributed by atoms with Gasteiger partial charge in [-0.05, 0) is 42.9 Å². The number of carbonyl (C=O) groups excluding carboxylic acids is 2. The molecule has 0 heterocycles. The molecule has 0 bridgehead atoms. The van der Waals surface area contributed by atoms with Gasteiger partial charge in [0.05, 0.1) is 13.0 Å². The van der Waals surface area contributed by atoms with Gasteiger partial charge in [0.2, 0.25) is 0 Å². The van der Waals surface area contributed by atoms with Crippen LogP contribution in [0, 0.1) is 0 Å². The van der Waals surface area contributed by atoms with Crippen LogP contribution in [-0.4, -0.2) is 18.5 Å². The summed E-state index contributed by atoms with van der Waals surface area (Å²) in [5.41, 5.74) is 1.02. The zero-order valence-electron chi connectivity index (χ0n) is 14.1. The van der Waals surface area contributed by atoms with Gasteiger partial charge in [-0.3, -0.25) is 9.59 Å². The van der Waals surface area contributed by atoms with Crippen LogP contribution in [0.15, 0.2) is 22.7 Å². The Balaban J connectivity index is 2.56. The Morgan fingerprint density at radius 2 is 1.91 bits per heavy atom. The molecule has 1 unspecified atom stereocenters. The van der Waals surface area contributed by atoms with Crippen molar-refractivity contribution in [2.75, 3.05) is 6.61 Å². The van der Waals surface area contributed by atoms with Crippen LogP contribution in [0.3, 0.4) is 0 Å². The molecule has 0 aliphatic heterocycles. The molecule has 0 fully saturated rings. The predicted octanol–water partition coefficient (Wildman–Crippen LogP) is 4.23. The Morgan fingerprint density at radius 3 is 2.52 bits per heavy atom. The van der Waals surface area contributed by atoms with Crippen molar-refractivity contribution in [2.24, 2.45) is 0 Å². The van der Waals surface area contributed by atoms with Gasteiger partial charge in [0.1, 0.15) is 5.60 Å². The maximum absolute atomic E-state index is 12.1. The molecule has 126 valence electrons. The Bertz CT molecular complexity index is 623. The van der Waals surface area contributed by atoms with E-state index < -0.39 is 5.60 Å². The van der Waals surface area contributed by atoms with Crippen LogP contribution in [0.1, 0.15) is 58.1 Å². The number of rotatable bonds is 4. The van der Waals surface area contributed by atoms with Gasteiger partial charge >= 0.3 is 11.9 Å². The summed E-state index contributed by atoms with van der Waals surface area (Å²) in [5, 5.41) is 0. The lowest BCUT2D eigenvalue weighted by molar-refractivity contribution is -0.168. The number of esters is 2. The SMILES string of the molecule is CCOC(=O)CC1(OC(C)=O)CCC(C)(C)c2ccc(Br)cc21. The lowest BCUT2D eigenvalue weighted by Gasteiger charge is -2.44. The minimum atomic E-state index is -0.952. The molecular weight excluding hydrogens is 360 g/mol. The number of hydrogen-bond donors (Lipinski definition) is 0. The molecule has 0 radical (unpaired) electrons. The summed E-state index contributed by atoms with van der Waals surface area (Å²) in [5.74, 6) is -0.737. The highest BCUT2D eigenvalue weighted by molar-refractivity contribution is 9.10. The van der Waals surface area contributed by atoms with E-state index in [-0.39, 0.29) is 23.8 Å². The fraction of sp³-hybridized carbons (Fsp3) is 0.556. The summed E-state index contributed by atoms with van der Waals surface area (Å²) in [6.45, 7) is 7.80. The molecule has 1 aromatic rings. The van der Waals surface area contributed by atoms with E-state index in [0.717, 1.165) is 22.0 Å². The standard InChI is InChI=1S/C18H23BrO4/c1-5-22-16(21)11-18(23-12(2)20)9-8-17(3,4)14-7-6-13(19)10-15(14)18/h6-7,10H,5,8-9,11H2,1-4H3. The smallest absolute Gasteiger partial charge is 0.310 e. The van der Waals surface area contributed by atoms with Crippen molar-refractivity contribution >= 4 is 27.9 Å². The van der Waals surface area contributed by atoms with Crippen molar-refractivity contribution in [1.29, 1.82) is 0 Å². The van der Waals surface area contributed by atoms with Crippen LogP contribution in [0.4, 0.5) is 0 Å². The Kier molecular flexibility index (Phi) is 5.19. The molecule has 1 aliphatic rings. The number of ether oxygens (including phenoxy) is 2. The summed E-state index contributed by atoms with van der Waals surface area (Å²) >= 11 is 3.49. The predicted molar refractivity (Wildman–Crippen MR) is 91.1 cm³/mol. The Hall–Kier alpha value is -1.36. The van der Waals surface area contributed by atoms with Gasteiger partial charge in [0.25, 0.3) is 0 Å². The fourth-order valence-corrected chi connectivity index (χ4v) is 3.67. The first-order valence-corrected chi connectivity index (χ1v) is 8.65. The van der Waals surface area contributed by atoms with Crippen LogP contribution in [-0.2, 0) is 30.1 Å². The number of fused-ring (bicyclic) bond motifs is 1. The van der Waals surface area contributed by atoms with Crippen molar-refractivity contribution < 1.29 is 19.1 Å². The quantitative estimate of drug-likeness (QED) is 0.731. The van der Waals surface area contributed by atoms with E-state index in [1.165, 1.54) is 6.92 Å². The monoisotopic (exact) mass is 382 g/mol. The Labute approximate surface area is 145 Å². The zero-order valence-corrected chi connectivity index (χ0v) is 15.7. The highest BCUT2D eigenvalue weighted by Crippen LogP contribution is 2.49. The molecule has 23 heavy (non-hydrogen) atoms. The van der Waals surface area contributed by atoms with Crippen LogP contribution in [0.2, 0.25) is 0 Å². The number of benzene rings is 1. The van der Waals surface area contributed by atoms with Crippen molar-refractivity contribution in [2.45, 2.75) is 58.0 Å². The molecule has 4 nitrogen and oxygen atoms in total. The van der Waals surface area contributed by atoms with E-state index in [4.69, 9.17) is 9.47 Å². The third kappa shape index (κ3) is 3.77. The van der Waals surface area contributed by atoms with Crippen LogP contribution >= 0.6 is 15.9 Å². The van der Waals surface area contributed by atoms with E-state index in [1.807, 2.05) is 18.2 Å². The molecule has 1 aliphatic carbocycles. The highest BCUT2D eigenvalue weighted by Gasteiger charge is 2.47. The second kappa shape index (κ2) is 6.63.